The molecule has 0 spiro atoms. The second kappa shape index (κ2) is 9.67. The maximum absolute atomic E-state index is 13.3. The molecule has 8 nitrogen and oxygen atoms in total. The van der Waals surface area contributed by atoms with Crippen molar-refractivity contribution in [1.29, 1.82) is 0 Å². The molecule has 3 aromatic rings. The molecule has 0 aliphatic carbocycles. The smallest absolute Gasteiger partial charge is 0.352 e. The highest BCUT2D eigenvalue weighted by Crippen LogP contribution is 2.27. The van der Waals surface area contributed by atoms with Crippen LogP contribution in [-0.4, -0.2) is 36.8 Å². The molecule has 3 rings (SSSR count). The number of aliphatic carboxylic acids is 1. The average molecular weight is 473 g/mol. The maximum Gasteiger partial charge on any atom is 0.352 e. The fourth-order valence-electron chi connectivity index (χ4n) is 2.83. The molecule has 0 aliphatic rings. The molecule has 1 aromatic heterocycles. The highest BCUT2D eigenvalue weighted by molar-refractivity contribution is 7.89. The van der Waals surface area contributed by atoms with E-state index in [1.165, 1.54) is 42.7 Å². The number of carboxylic acid groups (broad SMARTS) is 1. The molecule has 2 aromatic carbocycles. The van der Waals surface area contributed by atoms with E-state index in [1.807, 2.05) is 0 Å². The van der Waals surface area contributed by atoms with Crippen LogP contribution in [0.2, 0.25) is 0 Å². The summed E-state index contributed by atoms with van der Waals surface area (Å²) in [7, 11) is -2.82. The first kappa shape index (κ1) is 23.0. The highest BCUT2D eigenvalue weighted by atomic mass is 32.2. The minimum atomic E-state index is -4.27. The Kier molecular flexibility index (Phi) is 6.96. The van der Waals surface area contributed by atoms with Gasteiger partial charge in [-0.3, -0.25) is 9.10 Å². The van der Waals surface area contributed by atoms with Gasteiger partial charge in [-0.25, -0.2) is 13.2 Å². The summed E-state index contributed by atoms with van der Waals surface area (Å²) in [5, 5.41) is 15.7. The number of amides is 1. The molecule has 0 fully saturated rings. The molecule has 0 bridgehead atoms. The number of carbonyl (C=O) groups is 2. The standard InChI is InChI=1S/C22H20N2O6S2/c1-15(22(26)27)24(32(28,29)19-9-7-18(30-2)8-10-19)13-16-5-3-4-6-20(16)23-21(25)17-11-12-31-14-17/h3-12,14H,1,13H2,2H3,(H,23,25)(H,26,27). The number of para-hydroxylation sites is 1. The Morgan fingerprint density at radius 1 is 1.12 bits per heavy atom. The lowest BCUT2D eigenvalue weighted by molar-refractivity contribution is -0.133. The van der Waals surface area contributed by atoms with Crippen molar-refractivity contribution in [3.63, 3.8) is 0 Å². The van der Waals surface area contributed by atoms with E-state index in [2.05, 4.69) is 11.9 Å². The zero-order valence-electron chi connectivity index (χ0n) is 17.0. The number of rotatable bonds is 9. The largest absolute Gasteiger partial charge is 0.497 e. The van der Waals surface area contributed by atoms with E-state index in [1.54, 1.807) is 41.1 Å². The lowest BCUT2D eigenvalue weighted by atomic mass is 10.1. The molecule has 0 aliphatic heterocycles. The molecule has 1 heterocycles. The number of sulfonamides is 1. The summed E-state index contributed by atoms with van der Waals surface area (Å²) < 4.78 is 32.3. The molecule has 0 unspecified atom stereocenters. The molecular formula is C22H20N2O6S2. The van der Waals surface area contributed by atoms with Gasteiger partial charge in [-0.2, -0.15) is 11.3 Å². The van der Waals surface area contributed by atoms with E-state index in [0.717, 1.165) is 0 Å². The fourth-order valence-corrected chi connectivity index (χ4v) is 4.88. The number of carboxylic acids is 1. The SMILES string of the molecule is C=C(C(=O)O)N(Cc1ccccc1NC(=O)c1ccsc1)S(=O)(=O)c1ccc(OC)cc1. The van der Waals surface area contributed by atoms with Gasteiger partial charge in [0.2, 0.25) is 0 Å². The fraction of sp³-hybridized carbons (Fsp3) is 0.0909. The Bertz CT molecular complexity index is 1240. The van der Waals surface area contributed by atoms with Crippen molar-refractivity contribution in [2.45, 2.75) is 11.4 Å². The van der Waals surface area contributed by atoms with Gasteiger partial charge in [0.05, 0.1) is 24.1 Å². The summed E-state index contributed by atoms with van der Waals surface area (Å²) in [5.41, 5.74) is 0.592. The van der Waals surface area contributed by atoms with Crippen LogP contribution >= 0.6 is 11.3 Å². The van der Waals surface area contributed by atoms with Gasteiger partial charge in [0.25, 0.3) is 15.9 Å². The van der Waals surface area contributed by atoms with Crippen LogP contribution in [-0.2, 0) is 21.4 Å². The molecule has 2 N–H and O–H groups in total. The number of hydrogen-bond donors (Lipinski definition) is 2. The summed E-state index contributed by atoms with van der Waals surface area (Å²) in [6.07, 6.45) is 0. The van der Waals surface area contributed by atoms with E-state index in [-0.39, 0.29) is 17.3 Å². The molecular weight excluding hydrogens is 452 g/mol. The van der Waals surface area contributed by atoms with E-state index < -0.39 is 21.7 Å². The Morgan fingerprint density at radius 3 is 2.41 bits per heavy atom. The number of anilines is 1. The van der Waals surface area contributed by atoms with Crippen molar-refractivity contribution in [3.8, 4) is 5.75 Å². The van der Waals surface area contributed by atoms with Gasteiger partial charge in [0.1, 0.15) is 11.4 Å². The number of nitrogens with one attached hydrogen (secondary N) is 1. The summed E-state index contributed by atoms with van der Waals surface area (Å²) in [4.78, 5) is 24.0. The summed E-state index contributed by atoms with van der Waals surface area (Å²) in [6.45, 7) is 3.10. The number of nitrogens with zero attached hydrogens (tertiary/aromatic N) is 1. The van der Waals surface area contributed by atoms with Crippen LogP contribution in [0, 0.1) is 0 Å². The Balaban J connectivity index is 1.97. The number of benzene rings is 2. The number of carbonyl (C=O) groups excluding carboxylic acids is 1. The second-order valence-corrected chi connectivity index (χ2v) is 9.20. The van der Waals surface area contributed by atoms with Crippen molar-refractivity contribution in [2.75, 3.05) is 12.4 Å². The monoisotopic (exact) mass is 472 g/mol. The normalized spacial score (nSPS) is 10.9. The lowest BCUT2D eigenvalue weighted by Gasteiger charge is -2.25. The minimum absolute atomic E-state index is 0.125. The second-order valence-electron chi connectivity index (χ2n) is 6.56. The predicted octanol–water partition coefficient (Wildman–Crippen LogP) is 3.80. The van der Waals surface area contributed by atoms with Crippen LogP contribution < -0.4 is 10.1 Å². The number of hydrogen-bond acceptors (Lipinski definition) is 6. The van der Waals surface area contributed by atoms with Gasteiger partial charge in [0, 0.05) is 11.1 Å². The Hall–Kier alpha value is -3.63. The predicted molar refractivity (Wildman–Crippen MR) is 121 cm³/mol. The van der Waals surface area contributed by atoms with Gasteiger partial charge in [-0.15, -0.1) is 0 Å². The van der Waals surface area contributed by atoms with E-state index in [4.69, 9.17) is 4.74 Å². The summed E-state index contributed by atoms with van der Waals surface area (Å²) >= 11 is 1.37. The van der Waals surface area contributed by atoms with Crippen LogP contribution in [0.5, 0.6) is 5.75 Å². The van der Waals surface area contributed by atoms with Crippen molar-refractivity contribution < 1.29 is 27.9 Å². The third-order valence-electron chi connectivity index (χ3n) is 4.56. The Labute approximate surface area is 189 Å². The topological polar surface area (TPSA) is 113 Å². The van der Waals surface area contributed by atoms with Crippen LogP contribution in [0.15, 0.2) is 82.5 Å². The van der Waals surface area contributed by atoms with E-state index in [9.17, 15) is 23.1 Å². The maximum atomic E-state index is 13.3. The van der Waals surface area contributed by atoms with Gasteiger partial charge >= 0.3 is 5.97 Å². The number of thiophene rings is 1. The first-order valence-electron chi connectivity index (χ1n) is 9.24. The first-order valence-corrected chi connectivity index (χ1v) is 11.6. The van der Waals surface area contributed by atoms with Crippen molar-refractivity contribution in [2.24, 2.45) is 0 Å². The molecule has 0 atom stereocenters. The average Bonchev–Trinajstić information content (AvgIpc) is 3.33. The van der Waals surface area contributed by atoms with E-state index in [0.29, 0.717) is 26.9 Å². The van der Waals surface area contributed by atoms with Crippen molar-refractivity contribution in [1.82, 2.24) is 4.31 Å². The van der Waals surface area contributed by atoms with Crippen LogP contribution in [0.1, 0.15) is 15.9 Å². The molecule has 0 saturated carbocycles. The third-order valence-corrected chi connectivity index (χ3v) is 7.04. The van der Waals surface area contributed by atoms with Crippen LogP contribution in [0.4, 0.5) is 5.69 Å². The molecule has 0 radical (unpaired) electrons. The molecule has 1 amide bonds. The van der Waals surface area contributed by atoms with Crippen molar-refractivity contribution in [3.05, 3.63) is 88.8 Å². The van der Waals surface area contributed by atoms with Gasteiger partial charge in [0.15, 0.2) is 0 Å². The summed E-state index contributed by atoms with van der Waals surface area (Å²) in [5.74, 6) is -1.39. The lowest BCUT2D eigenvalue weighted by Crippen LogP contribution is -2.33. The molecule has 0 saturated heterocycles. The third kappa shape index (κ3) is 4.98. The zero-order chi connectivity index (χ0) is 23.3. The highest BCUT2D eigenvalue weighted by Gasteiger charge is 2.30. The van der Waals surface area contributed by atoms with Crippen LogP contribution in [0.25, 0.3) is 0 Å². The quantitative estimate of drug-likeness (QED) is 0.458. The molecule has 10 heteroatoms. The molecule has 32 heavy (non-hydrogen) atoms. The van der Waals surface area contributed by atoms with Crippen LogP contribution in [0.3, 0.4) is 0 Å². The first-order chi connectivity index (χ1) is 15.2. The number of ether oxygens (including phenoxy) is 1. The van der Waals surface area contributed by atoms with Gasteiger partial charge in [-0.05, 0) is 47.3 Å². The summed E-state index contributed by atoms with van der Waals surface area (Å²) in [6, 6.07) is 13.8. The van der Waals surface area contributed by atoms with Crippen molar-refractivity contribution >= 4 is 38.9 Å². The number of methoxy groups -OCH3 is 1. The van der Waals surface area contributed by atoms with Gasteiger partial charge < -0.3 is 15.2 Å². The zero-order valence-corrected chi connectivity index (χ0v) is 18.7. The molecule has 166 valence electrons. The van der Waals surface area contributed by atoms with Gasteiger partial charge in [-0.1, -0.05) is 24.8 Å². The Morgan fingerprint density at radius 2 is 1.81 bits per heavy atom. The van der Waals surface area contributed by atoms with E-state index >= 15 is 0 Å². The minimum Gasteiger partial charge on any atom is -0.497 e.